The van der Waals surface area contributed by atoms with Gasteiger partial charge in [-0.15, -0.1) is 0 Å². The summed E-state index contributed by atoms with van der Waals surface area (Å²) < 4.78 is 23.8. The summed E-state index contributed by atoms with van der Waals surface area (Å²) in [4.78, 5) is 10.7. The zero-order valence-electron chi connectivity index (χ0n) is 8.70. The van der Waals surface area contributed by atoms with E-state index in [-0.39, 0.29) is 18.8 Å². The first-order valence-electron chi connectivity index (χ1n) is 4.89. The van der Waals surface area contributed by atoms with Gasteiger partial charge in [-0.2, -0.15) is 0 Å². The summed E-state index contributed by atoms with van der Waals surface area (Å²) in [5.41, 5.74) is 0.268. The van der Waals surface area contributed by atoms with Gasteiger partial charge in [0.25, 0.3) is 0 Å². The first-order valence-corrected chi connectivity index (χ1v) is 4.89. The quantitative estimate of drug-likeness (QED) is 0.854. The van der Waals surface area contributed by atoms with Crippen molar-refractivity contribution in [3.05, 3.63) is 23.5 Å². The zero-order chi connectivity index (χ0) is 11.7. The predicted molar refractivity (Wildman–Crippen MR) is 53.0 cm³/mol. The van der Waals surface area contributed by atoms with E-state index in [2.05, 4.69) is 0 Å². The number of carbonyl (C=O) groups is 1. The lowest BCUT2D eigenvalue weighted by atomic mass is 10.00. The van der Waals surface area contributed by atoms with Crippen LogP contribution in [0.15, 0.2) is 12.1 Å². The van der Waals surface area contributed by atoms with Crippen LogP contribution in [0.5, 0.6) is 11.5 Å². The molecular formula is C11H11FO4. The fourth-order valence-corrected chi connectivity index (χ4v) is 1.59. The molecular weight excluding hydrogens is 215 g/mol. The Morgan fingerprint density at radius 1 is 1.56 bits per heavy atom. The number of rotatable bonds is 3. The maximum atomic E-state index is 13.5. The standard InChI is InChI=1S/C11H11FO4/c1-6(11(13)14)4-7-8(12)2-3-9-10(7)16-5-15-9/h2-3,6H,4-5H2,1H3,(H,13,14). The summed E-state index contributed by atoms with van der Waals surface area (Å²) in [7, 11) is 0. The summed E-state index contributed by atoms with van der Waals surface area (Å²) >= 11 is 0. The second-order valence-electron chi connectivity index (χ2n) is 3.70. The fraction of sp³-hybridized carbons (Fsp3) is 0.364. The lowest BCUT2D eigenvalue weighted by Gasteiger charge is -2.09. The topological polar surface area (TPSA) is 55.8 Å². The minimum Gasteiger partial charge on any atom is -0.481 e. The van der Waals surface area contributed by atoms with Crippen LogP contribution in [0.25, 0.3) is 0 Å². The van der Waals surface area contributed by atoms with E-state index in [9.17, 15) is 9.18 Å². The lowest BCUT2D eigenvalue weighted by Crippen LogP contribution is -2.13. The van der Waals surface area contributed by atoms with Crippen molar-refractivity contribution in [2.45, 2.75) is 13.3 Å². The normalized spacial score (nSPS) is 14.9. The van der Waals surface area contributed by atoms with Crippen LogP contribution < -0.4 is 9.47 Å². The van der Waals surface area contributed by atoms with Crippen molar-refractivity contribution in [1.82, 2.24) is 0 Å². The van der Waals surface area contributed by atoms with Gasteiger partial charge in [0.15, 0.2) is 11.5 Å². The number of ether oxygens (including phenoxy) is 2. The minimum absolute atomic E-state index is 0.0488. The van der Waals surface area contributed by atoms with Gasteiger partial charge < -0.3 is 14.6 Å². The molecule has 4 nitrogen and oxygen atoms in total. The molecule has 1 aliphatic heterocycles. The van der Waals surface area contributed by atoms with Crippen LogP contribution in [0.2, 0.25) is 0 Å². The molecule has 5 heteroatoms. The van der Waals surface area contributed by atoms with Gasteiger partial charge in [0.1, 0.15) is 5.82 Å². The molecule has 0 amide bonds. The first-order chi connectivity index (χ1) is 7.59. The highest BCUT2D eigenvalue weighted by Gasteiger charge is 2.24. The van der Waals surface area contributed by atoms with Crippen molar-refractivity contribution in [1.29, 1.82) is 0 Å². The second kappa shape index (κ2) is 4.00. The van der Waals surface area contributed by atoms with Gasteiger partial charge in [-0.05, 0) is 18.6 Å². The molecule has 0 aliphatic carbocycles. The third-order valence-electron chi connectivity index (χ3n) is 2.52. The summed E-state index contributed by atoms with van der Waals surface area (Å²) in [6.45, 7) is 1.57. The molecule has 0 bridgehead atoms. The number of aliphatic carboxylic acids is 1. The first kappa shape index (κ1) is 10.7. The highest BCUT2D eigenvalue weighted by Crippen LogP contribution is 2.38. The van der Waals surface area contributed by atoms with Crippen LogP contribution in [0.1, 0.15) is 12.5 Å². The summed E-state index contributed by atoms with van der Waals surface area (Å²) in [5.74, 6) is -1.29. The molecule has 1 N–H and O–H groups in total. The van der Waals surface area contributed by atoms with Gasteiger partial charge >= 0.3 is 5.97 Å². The van der Waals surface area contributed by atoms with Crippen molar-refractivity contribution >= 4 is 5.97 Å². The summed E-state index contributed by atoms with van der Waals surface area (Å²) in [6.07, 6.45) is 0.0910. The number of hydrogen-bond acceptors (Lipinski definition) is 3. The average Bonchev–Trinajstić information content (AvgIpc) is 2.70. The summed E-state index contributed by atoms with van der Waals surface area (Å²) in [6, 6.07) is 2.74. The van der Waals surface area contributed by atoms with E-state index in [0.717, 1.165) is 0 Å². The highest BCUT2D eigenvalue weighted by molar-refractivity contribution is 5.70. The molecule has 16 heavy (non-hydrogen) atoms. The number of carboxylic acid groups (broad SMARTS) is 1. The van der Waals surface area contributed by atoms with Gasteiger partial charge in [-0.1, -0.05) is 6.92 Å². The Labute approximate surface area is 91.6 Å². The number of fused-ring (bicyclic) bond motifs is 1. The molecule has 0 fully saturated rings. The van der Waals surface area contributed by atoms with Gasteiger partial charge in [-0.3, -0.25) is 4.79 Å². The second-order valence-corrected chi connectivity index (χ2v) is 3.70. The van der Waals surface area contributed by atoms with Crippen molar-refractivity contribution in [2.75, 3.05) is 6.79 Å². The predicted octanol–water partition coefficient (Wildman–Crippen LogP) is 1.82. The highest BCUT2D eigenvalue weighted by atomic mass is 19.1. The largest absolute Gasteiger partial charge is 0.481 e. The maximum absolute atomic E-state index is 13.5. The van der Waals surface area contributed by atoms with Crippen LogP contribution in [0.3, 0.4) is 0 Å². The molecule has 1 aromatic carbocycles. The van der Waals surface area contributed by atoms with Gasteiger partial charge in [-0.25, -0.2) is 4.39 Å². The van der Waals surface area contributed by atoms with Crippen LogP contribution in [-0.4, -0.2) is 17.9 Å². The van der Waals surface area contributed by atoms with E-state index < -0.39 is 17.7 Å². The molecule has 0 spiro atoms. The van der Waals surface area contributed by atoms with E-state index in [1.54, 1.807) is 0 Å². The van der Waals surface area contributed by atoms with Gasteiger partial charge in [0.05, 0.1) is 5.92 Å². The van der Waals surface area contributed by atoms with Crippen molar-refractivity contribution in [3.8, 4) is 11.5 Å². The number of carboxylic acids is 1. The van der Waals surface area contributed by atoms with Gasteiger partial charge in [0, 0.05) is 5.56 Å². The van der Waals surface area contributed by atoms with Crippen LogP contribution >= 0.6 is 0 Å². The molecule has 0 saturated carbocycles. The van der Waals surface area contributed by atoms with Crippen molar-refractivity contribution in [3.63, 3.8) is 0 Å². The van der Waals surface area contributed by atoms with E-state index >= 15 is 0 Å². The Morgan fingerprint density at radius 2 is 2.31 bits per heavy atom. The molecule has 1 heterocycles. The molecule has 0 radical (unpaired) electrons. The van der Waals surface area contributed by atoms with E-state index in [1.807, 2.05) is 0 Å². The van der Waals surface area contributed by atoms with E-state index in [1.165, 1.54) is 19.1 Å². The van der Waals surface area contributed by atoms with E-state index in [0.29, 0.717) is 11.5 Å². The smallest absolute Gasteiger partial charge is 0.306 e. The Bertz CT molecular complexity index is 430. The van der Waals surface area contributed by atoms with Crippen LogP contribution in [0, 0.1) is 11.7 Å². The average molecular weight is 226 g/mol. The Kier molecular flexibility index (Phi) is 2.68. The third-order valence-corrected chi connectivity index (χ3v) is 2.52. The lowest BCUT2D eigenvalue weighted by molar-refractivity contribution is -0.141. The fourth-order valence-electron chi connectivity index (χ4n) is 1.59. The summed E-state index contributed by atoms with van der Waals surface area (Å²) in [5, 5.41) is 8.79. The van der Waals surface area contributed by atoms with Crippen molar-refractivity contribution in [2.24, 2.45) is 5.92 Å². The minimum atomic E-state index is -0.962. The molecule has 86 valence electrons. The molecule has 0 aromatic heterocycles. The zero-order valence-corrected chi connectivity index (χ0v) is 8.70. The van der Waals surface area contributed by atoms with Gasteiger partial charge in [0.2, 0.25) is 6.79 Å². The van der Waals surface area contributed by atoms with E-state index in [4.69, 9.17) is 14.6 Å². The third kappa shape index (κ3) is 1.80. The Morgan fingerprint density at radius 3 is 3.00 bits per heavy atom. The molecule has 1 atom stereocenters. The molecule has 1 aromatic rings. The molecule has 1 unspecified atom stereocenters. The van der Waals surface area contributed by atoms with Crippen LogP contribution in [0.4, 0.5) is 4.39 Å². The SMILES string of the molecule is CC(Cc1c(F)ccc2c1OCO2)C(=O)O. The Balaban J connectivity index is 2.33. The number of benzene rings is 1. The number of halogens is 1. The molecule has 2 rings (SSSR count). The maximum Gasteiger partial charge on any atom is 0.306 e. The number of hydrogen-bond donors (Lipinski definition) is 1. The van der Waals surface area contributed by atoms with Crippen molar-refractivity contribution < 1.29 is 23.8 Å². The monoisotopic (exact) mass is 226 g/mol. The molecule has 0 saturated heterocycles. The Hall–Kier alpha value is -1.78. The molecule has 1 aliphatic rings. The van der Waals surface area contributed by atoms with Crippen LogP contribution in [-0.2, 0) is 11.2 Å².